The summed E-state index contributed by atoms with van der Waals surface area (Å²) in [7, 11) is 11.0. The van der Waals surface area contributed by atoms with Crippen LogP contribution >= 0.6 is 0 Å². The zero-order valence-corrected chi connectivity index (χ0v) is 69.3. The van der Waals surface area contributed by atoms with E-state index in [4.69, 9.17) is 0 Å². The summed E-state index contributed by atoms with van der Waals surface area (Å²) in [6.45, 7) is 20.5. The number of likely N-dealkylation sites (tertiary alicyclic amines) is 1. The van der Waals surface area contributed by atoms with E-state index in [2.05, 4.69) is 16.0 Å². The van der Waals surface area contributed by atoms with Crippen molar-refractivity contribution in [3.05, 3.63) is 108 Å². The summed E-state index contributed by atoms with van der Waals surface area (Å²) < 4.78 is 0. The number of carbonyl (C=O) groups is 14. The number of rotatable bonds is 20. The van der Waals surface area contributed by atoms with E-state index >= 15 is 33.6 Å². The van der Waals surface area contributed by atoms with Crippen molar-refractivity contribution in [1.29, 1.82) is 0 Å². The number of ketones is 2. The maximum absolute atomic E-state index is 15.8. The van der Waals surface area contributed by atoms with E-state index in [0.717, 1.165) is 38.9 Å². The van der Waals surface area contributed by atoms with Gasteiger partial charge in [0.1, 0.15) is 48.3 Å². The molecule has 2 saturated heterocycles. The summed E-state index contributed by atoms with van der Waals surface area (Å²) in [6, 6.07) is 13.0. The third-order valence-electron chi connectivity index (χ3n) is 22.2. The van der Waals surface area contributed by atoms with Gasteiger partial charge in [0.15, 0.2) is 11.6 Å². The normalized spacial score (nSPS) is 24.5. The molecule has 2 heterocycles. The van der Waals surface area contributed by atoms with Gasteiger partial charge in [-0.25, -0.2) is 0 Å². The first kappa shape index (κ1) is 92.2. The van der Waals surface area contributed by atoms with Crippen molar-refractivity contribution in [2.45, 2.75) is 227 Å². The fourth-order valence-electron chi connectivity index (χ4n) is 14.5. The Morgan fingerprint density at radius 1 is 0.514 bits per heavy atom. The van der Waals surface area contributed by atoms with Crippen LogP contribution in [-0.2, 0) is 86.4 Å². The highest BCUT2D eigenvalue weighted by Gasteiger charge is 2.45. The van der Waals surface area contributed by atoms with Crippen molar-refractivity contribution in [1.82, 2.24) is 60.0 Å². The number of Topliss-reactive ketones (excluding diaryl/α,β-unsaturated/α-hetero) is 2. The molecule has 3 aromatic rings. The number of nitrogens with zero attached hydrogens (tertiary/aromatic N) is 9. The third-order valence-corrected chi connectivity index (χ3v) is 22.2. The van der Waals surface area contributed by atoms with Gasteiger partial charge in [-0.1, -0.05) is 160 Å². The zero-order valence-electron chi connectivity index (χ0n) is 69.3. The Bertz CT molecular complexity index is 3690. The van der Waals surface area contributed by atoms with Gasteiger partial charge in [-0.05, 0) is 106 Å². The number of piperidine rings is 1. The predicted octanol–water partition coefficient (Wildman–Crippen LogP) is 5.22. The van der Waals surface area contributed by atoms with Gasteiger partial charge in [0.2, 0.25) is 70.9 Å². The molecule has 27 nitrogen and oxygen atoms in total. The van der Waals surface area contributed by atoms with Gasteiger partial charge in [0.05, 0.1) is 30.7 Å². The molecule has 111 heavy (non-hydrogen) atoms. The number of nitrogens with one attached hydrogen (secondary N) is 3. The Labute approximate surface area is 657 Å². The van der Waals surface area contributed by atoms with Crippen molar-refractivity contribution in [3.63, 3.8) is 0 Å². The molecule has 4 N–H and O–H groups in total. The lowest BCUT2D eigenvalue weighted by Gasteiger charge is -2.39. The van der Waals surface area contributed by atoms with Gasteiger partial charge >= 0.3 is 0 Å². The maximum Gasteiger partial charge on any atom is 0.248 e. The van der Waals surface area contributed by atoms with E-state index in [1.807, 2.05) is 34.6 Å². The Morgan fingerprint density at radius 3 is 1.52 bits per heavy atom. The first-order valence-corrected chi connectivity index (χ1v) is 39.3. The fourth-order valence-corrected chi connectivity index (χ4v) is 14.5. The lowest BCUT2D eigenvalue weighted by Crippen LogP contribution is -2.62. The zero-order chi connectivity index (χ0) is 83.2. The SMILES string of the molecule is CC[C@H](C)[C@@H]1NC(=O)[C@H](C)N(C)C(=O)C[C@@H](C(=O)N(C)[C@@H](Cc2ccccc2)C(=O)C[C@@H](C)C(=O)N2CCCCC2)CC(=O)[C@H](Cc2ccccc2)N(C)C(=O)CN(C)C(=O)[C@H]([C@@H](C)O)NC(=O)[C@H](C)N(C)C(=O)[C@H](C(C)C)N(C)C(=O)[C@H](CC(C)C)N(C)C(=O)[C@H](Cc2ccccc2)NC(=O)[C@H](CC(C)C)N(C)C1=O. The monoisotopic (exact) mass is 1540 g/mol. The Hall–Kier alpha value is -9.40. The van der Waals surface area contributed by atoms with Crippen molar-refractivity contribution >= 4 is 82.5 Å². The molecule has 3 aromatic carbocycles. The number of hydrogen-bond donors (Lipinski definition) is 4. The van der Waals surface area contributed by atoms with E-state index < -0.39 is 186 Å². The summed E-state index contributed by atoms with van der Waals surface area (Å²) in [4.78, 5) is 221. The number of carbonyl (C=O) groups excluding carboxylic acids is 14. The maximum atomic E-state index is 15.8. The molecule has 12 amide bonds. The van der Waals surface area contributed by atoms with Crippen LogP contribution in [0.1, 0.15) is 158 Å². The quantitative estimate of drug-likeness (QED) is 0.113. The van der Waals surface area contributed by atoms with Crippen LogP contribution in [0.15, 0.2) is 91.0 Å². The number of benzene rings is 3. The number of aliphatic hydroxyl groups is 1. The smallest absolute Gasteiger partial charge is 0.248 e. The Kier molecular flexibility index (Phi) is 35.6. The van der Waals surface area contributed by atoms with Crippen LogP contribution in [0.25, 0.3) is 0 Å². The molecule has 0 unspecified atom stereocenters. The Morgan fingerprint density at radius 2 is 1.01 bits per heavy atom. The lowest BCUT2D eigenvalue weighted by molar-refractivity contribution is -0.154. The fraction of sp³-hybridized carbons (Fsp3) is 0.619. The molecule has 2 fully saturated rings. The minimum atomic E-state index is -1.71. The first-order valence-electron chi connectivity index (χ1n) is 39.3. The van der Waals surface area contributed by atoms with Crippen molar-refractivity contribution in [2.24, 2.45) is 35.5 Å². The molecule has 612 valence electrons. The van der Waals surface area contributed by atoms with Gasteiger partial charge in [-0.2, -0.15) is 0 Å². The van der Waals surface area contributed by atoms with Gasteiger partial charge in [0.25, 0.3) is 0 Å². The average Bonchev–Trinajstić information content (AvgIpc) is 0.814. The second kappa shape index (κ2) is 42.9. The molecule has 0 bridgehead atoms. The molecule has 0 saturated carbocycles. The highest BCUT2D eigenvalue weighted by atomic mass is 16.3. The molecule has 0 radical (unpaired) electrons. The second-order valence-electron chi connectivity index (χ2n) is 32.1. The highest BCUT2D eigenvalue weighted by molar-refractivity contribution is 6.01. The number of amides is 12. The van der Waals surface area contributed by atoms with Crippen molar-refractivity contribution in [3.8, 4) is 0 Å². The Balaban J connectivity index is 1.70. The summed E-state index contributed by atoms with van der Waals surface area (Å²) in [5.74, 6) is -13.8. The topological polar surface area (TPSA) is 324 Å². The number of likely N-dealkylation sites (N-methyl/N-ethyl adjacent to an activating group) is 8. The molecule has 2 aliphatic heterocycles. The minimum Gasteiger partial charge on any atom is -0.391 e. The van der Waals surface area contributed by atoms with Gasteiger partial charge in [-0.3, -0.25) is 67.1 Å². The minimum absolute atomic E-state index is 0.0213. The van der Waals surface area contributed by atoms with Gasteiger partial charge in [-0.15, -0.1) is 0 Å². The summed E-state index contributed by atoms with van der Waals surface area (Å²) in [6.07, 6.45) is -0.394. The number of hydrogen-bond acceptors (Lipinski definition) is 15. The van der Waals surface area contributed by atoms with Crippen LogP contribution in [0.3, 0.4) is 0 Å². The van der Waals surface area contributed by atoms with E-state index in [-0.39, 0.29) is 56.3 Å². The molecule has 5 rings (SSSR count). The lowest BCUT2D eigenvalue weighted by atomic mass is 9.88. The standard InChI is InChI=1S/C84H126N12O15/c1-21-54(8)72-83(110)93(18)66(42-51(2)3)77(104)85-63(45-59-34-26-22-27-35-59)80(107)94(19)67(43-52(4)5)81(108)95(20)74(53(6)7)84(111)90(15)57(11)76(103)87-73(58(12)97)82(109)88(13)50-71(101)91(16)64(46-60-36-28-23-29-37-60)69(99)48-62(49-70(100)89(14)56(10)75(102)86-72)79(106)92(17)65(47-61-38-30-24-31-39-61)68(98)44-55(9)78(105)96-40-32-25-33-41-96/h22-24,26-31,34-39,51-58,62-67,72-74,97H,21,25,32-33,40-50H2,1-20H3,(H,85,104)(H,86,102)(H,87,103)/t54-,55+,56-,57-,58+,62-,63-,64-,65-,66-,67-,72-,73-,74-/m0/s1. The highest BCUT2D eigenvalue weighted by Crippen LogP contribution is 2.28. The number of aliphatic hydroxyl groups excluding tert-OH is 1. The summed E-state index contributed by atoms with van der Waals surface area (Å²) >= 11 is 0. The van der Waals surface area contributed by atoms with Crippen molar-refractivity contribution < 1.29 is 72.2 Å². The molecule has 14 atom stereocenters. The third kappa shape index (κ3) is 25.3. The summed E-state index contributed by atoms with van der Waals surface area (Å²) in [5.41, 5.74) is 1.88. The molecule has 27 heteroatoms. The van der Waals surface area contributed by atoms with Crippen LogP contribution in [0.4, 0.5) is 0 Å². The first-order chi connectivity index (χ1) is 52.1. The second-order valence-corrected chi connectivity index (χ2v) is 32.1. The molecule has 0 aliphatic carbocycles. The molecule has 0 aromatic heterocycles. The van der Waals surface area contributed by atoms with Gasteiger partial charge in [0, 0.05) is 101 Å². The van der Waals surface area contributed by atoms with E-state index in [1.165, 1.54) is 96.8 Å². The van der Waals surface area contributed by atoms with Gasteiger partial charge < -0.3 is 65.2 Å². The van der Waals surface area contributed by atoms with Crippen molar-refractivity contribution in [2.75, 3.05) is 76.0 Å². The van der Waals surface area contributed by atoms with Crippen LogP contribution in [-0.4, -0.2) is 274 Å². The summed E-state index contributed by atoms with van der Waals surface area (Å²) in [5, 5.41) is 19.6. The largest absolute Gasteiger partial charge is 0.391 e. The van der Waals surface area contributed by atoms with Crippen LogP contribution in [0.5, 0.6) is 0 Å². The molecule has 2 aliphatic rings. The van der Waals surface area contributed by atoms with Crippen LogP contribution < -0.4 is 16.0 Å². The molecular weight excluding hydrogens is 1420 g/mol. The van der Waals surface area contributed by atoms with Crippen LogP contribution in [0, 0.1) is 35.5 Å². The van der Waals surface area contributed by atoms with E-state index in [1.54, 1.807) is 124 Å². The molecular formula is C84H126N12O15. The molecule has 0 spiro atoms. The van der Waals surface area contributed by atoms with Crippen LogP contribution in [0.2, 0.25) is 0 Å². The predicted molar refractivity (Wildman–Crippen MR) is 423 cm³/mol. The van der Waals surface area contributed by atoms with E-state index in [9.17, 15) is 38.7 Å². The average molecular weight is 1540 g/mol. The van der Waals surface area contributed by atoms with E-state index in [0.29, 0.717) is 36.2 Å².